The molecule has 2 heterocycles. The zero-order valence-electron chi connectivity index (χ0n) is 12.6. The predicted octanol–water partition coefficient (Wildman–Crippen LogP) is 4.77. The van der Waals surface area contributed by atoms with Gasteiger partial charge < -0.3 is 10.3 Å². The van der Waals surface area contributed by atoms with Crippen LogP contribution in [-0.2, 0) is 0 Å². The van der Waals surface area contributed by atoms with Gasteiger partial charge in [-0.05, 0) is 35.5 Å². The van der Waals surface area contributed by atoms with E-state index in [0.717, 1.165) is 22.2 Å². The molecule has 0 atom stereocenters. The number of nitrogens with zero attached hydrogens (tertiary/aromatic N) is 3. The molecule has 0 saturated heterocycles. The Morgan fingerprint density at radius 2 is 1.96 bits per heavy atom. The van der Waals surface area contributed by atoms with Crippen molar-refractivity contribution in [3.63, 3.8) is 0 Å². The van der Waals surface area contributed by atoms with E-state index >= 15 is 0 Å². The van der Waals surface area contributed by atoms with Crippen LogP contribution in [0.4, 0.5) is 17.3 Å². The van der Waals surface area contributed by atoms with Crippen molar-refractivity contribution in [1.29, 1.82) is 0 Å². The number of hydrogen-bond donors (Lipinski definition) is 2. The van der Waals surface area contributed by atoms with Gasteiger partial charge in [-0.15, -0.1) is 4.91 Å². The fourth-order valence-corrected chi connectivity index (χ4v) is 2.62. The number of aromatic amines is 1. The summed E-state index contributed by atoms with van der Waals surface area (Å²) in [4.78, 5) is 22.7. The number of nitrogens with one attached hydrogen (secondary N) is 2. The van der Waals surface area contributed by atoms with Gasteiger partial charge in [0.15, 0.2) is 0 Å². The molecule has 6 nitrogen and oxygen atoms in total. The quantitative estimate of drug-likeness (QED) is 0.531. The maximum atomic E-state index is 10.6. The third kappa shape index (κ3) is 2.61. The van der Waals surface area contributed by atoms with Crippen LogP contribution in [0.1, 0.15) is 0 Å². The Labute approximate surface area is 137 Å². The number of H-pyrrole nitrogens is 1. The van der Waals surface area contributed by atoms with E-state index in [1.54, 1.807) is 24.4 Å². The van der Waals surface area contributed by atoms with E-state index in [1.807, 2.05) is 36.5 Å². The lowest BCUT2D eigenvalue weighted by molar-refractivity contribution is 1.17. The second-order valence-electron chi connectivity index (χ2n) is 5.28. The normalized spacial score (nSPS) is 10.7. The molecule has 0 bridgehead atoms. The molecule has 0 spiro atoms. The maximum absolute atomic E-state index is 10.6. The van der Waals surface area contributed by atoms with Gasteiger partial charge in [-0.1, -0.05) is 24.3 Å². The summed E-state index contributed by atoms with van der Waals surface area (Å²) in [6.07, 6.45) is 3.64. The summed E-state index contributed by atoms with van der Waals surface area (Å²) in [6.45, 7) is 0. The fraction of sp³-hybridized carbons (Fsp3) is 0. The molecule has 2 aromatic heterocycles. The van der Waals surface area contributed by atoms with Crippen molar-refractivity contribution < 1.29 is 0 Å². The largest absolute Gasteiger partial charge is 0.360 e. The van der Waals surface area contributed by atoms with Crippen LogP contribution in [0.15, 0.2) is 72.2 Å². The fourth-order valence-electron chi connectivity index (χ4n) is 2.62. The number of hydrogen-bond acceptors (Lipinski definition) is 5. The lowest BCUT2D eigenvalue weighted by Crippen LogP contribution is -1.97. The van der Waals surface area contributed by atoms with Crippen molar-refractivity contribution in [1.82, 2.24) is 15.0 Å². The Morgan fingerprint density at radius 1 is 1.04 bits per heavy atom. The Hall–Kier alpha value is -3.54. The molecule has 24 heavy (non-hydrogen) atoms. The second kappa shape index (κ2) is 5.92. The Balaban J connectivity index is 1.70. The molecule has 116 valence electrons. The van der Waals surface area contributed by atoms with E-state index < -0.39 is 0 Å². The number of rotatable bonds is 4. The summed E-state index contributed by atoms with van der Waals surface area (Å²) < 4.78 is 0. The summed E-state index contributed by atoms with van der Waals surface area (Å²) in [7, 11) is 0. The highest BCUT2D eigenvalue weighted by atomic mass is 16.3. The minimum Gasteiger partial charge on any atom is -0.360 e. The van der Waals surface area contributed by atoms with Crippen molar-refractivity contribution in [2.75, 3.05) is 5.32 Å². The molecule has 0 radical (unpaired) electrons. The molecule has 4 aromatic rings. The van der Waals surface area contributed by atoms with Gasteiger partial charge in [0.05, 0.1) is 5.69 Å². The monoisotopic (exact) mass is 315 g/mol. The van der Waals surface area contributed by atoms with Gasteiger partial charge in [-0.3, -0.25) is 0 Å². The summed E-state index contributed by atoms with van der Waals surface area (Å²) >= 11 is 0. The van der Waals surface area contributed by atoms with Crippen LogP contribution in [0.2, 0.25) is 0 Å². The van der Waals surface area contributed by atoms with Crippen molar-refractivity contribution in [2.45, 2.75) is 0 Å². The molecule has 0 amide bonds. The number of anilines is 2. The highest BCUT2D eigenvalue weighted by Gasteiger charge is 2.08. The first-order valence-corrected chi connectivity index (χ1v) is 7.43. The van der Waals surface area contributed by atoms with E-state index in [1.165, 1.54) is 0 Å². The molecule has 6 heteroatoms. The topological polar surface area (TPSA) is 83.0 Å². The van der Waals surface area contributed by atoms with E-state index in [9.17, 15) is 4.91 Å². The zero-order chi connectivity index (χ0) is 16.4. The third-order valence-corrected chi connectivity index (χ3v) is 3.73. The molecule has 2 N–H and O–H groups in total. The number of benzene rings is 2. The average Bonchev–Trinajstić information content (AvgIpc) is 3.06. The Kier molecular flexibility index (Phi) is 3.47. The van der Waals surface area contributed by atoms with Crippen LogP contribution in [0.3, 0.4) is 0 Å². The van der Waals surface area contributed by atoms with E-state index in [4.69, 9.17) is 0 Å². The number of fused-ring (bicyclic) bond motifs is 1. The summed E-state index contributed by atoms with van der Waals surface area (Å²) in [5.74, 6) is 0.459. The number of nitroso groups, excluding NO2 is 1. The third-order valence-electron chi connectivity index (χ3n) is 3.73. The van der Waals surface area contributed by atoms with Crippen molar-refractivity contribution >= 4 is 28.2 Å². The maximum Gasteiger partial charge on any atom is 0.227 e. The van der Waals surface area contributed by atoms with Gasteiger partial charge in [0.1, 0.15) is 5.69 Å². The van der Waals surface area contributed by atoms with Crippen LogP contribution in [-0.4, -0.2) is 15.0 Å². The first-order chi connectivity index (χ1) is 11.8. The van der Waals surface area contributed by atoms with Crippen LogP contribution >= 0.6 is 0 Å². The molecule has 0 fully saturated rings. The first-order valence-electron chi connectivity index (χ1n) is 7.43. The highest BCUT2D eigenvalue weighted by molar-refractivity contribution is 5.94. The molecule has 0 saturated carbocycles. The predicted molar refractivity (Wildman–Crippen MR) is 94.5 cm³/mol. The van der Waals surface area contributed by atoms with Crippen molar-refractivity contribution in [3.05, 3.63) is 71.9 Å². The van der Waals surface area contributed by atoms with Crippen LogP contribution in [0, 0.1) is 4.91 Å². The minimum atomic E-state index is 0.354. The van der Waals surface area contributed by atoms with Gasteiger partial charge >= 0.3 is 0 Å². The van der Waals surface area contributed by atoms with Crippen molar-refractivity contribution in [3.8, 4) is 11.3 Å². The lowest BCUT2D eigenvalue weighted by atomic mass is 10.1. The first kappa shape index (κ1) is 14.1. The molecule has 0 aliphatic rings. The summed E-state index contributed by atoms with van der Waals surface area (Å²) in [5, 5.41) is 7.13. The average molecular weight is 315 g/mol. The summed E-state index contributed by atoms with van der Waals surface area (Å²) in [6, 6.07) is 16.8. The van der Waals surface area contributed by atoms with Crippen LogP contribution in [0.25, 0.3) is 22.2 Å². The zero-order valence-corrected chi connectivity index (χ0v) is 12.6. The number of para-hydroxylation sites is 1. The standard InChI is InChI=1S/C18H13N5O/c24-23-13-5-3-4-12(10-13)21-18-19-9-8-17(22-18)15-11-20-16-7-2-1-6-14(15)16/h1-11,20H,(H,19,21,22). The van der Waals surface area contributed by atoms with Gasteiger partial charge in [-0.25, -0.2) is 9.97 Å². The van der Waals surface area contributed by atoms with Crippen molar-refractivity contribution in [2.24, 2.45) is 5.18 Å². The Morgan fingerprint density at radius 3 is 2.88 bits per heavy atom. The van der Waals surface area contributed by atoms with E-state index in [0.29, 0.717) is 17.3 Å². The van der Waals surface area contributed by atoms with Gasteiger partial charge in [0.2, 0.25) is 5.95 Å². The molecule has 0 aliphatic carbocycles. The SMILES string of the molecule is O=Nc1cccc(Nc2nccc(-c3c[nH]c4ccccc34)n2)c1. The molecular formula is C18H13N5O. The molecular weight excluding hydrogens is 302 g/mol. The van der Waals surface area contributed by atoms with E-state index in [2.05, 4.69) is 31.5 Å². The van der Waals surface area contributed by atoms with Gasteiger partial charge in [-0.2, -0.15) is 0 Å². The number of aromatic nitrogens is 3. The molecule has 2 aromatic carbocycles. The van der Waals surface area contributed by atoms with E-state index in [-0.39, 0.29) is 0 Å². The smallest absolute Gasteiger partial charge is 0.227 e. The van der Waals surface area contributed by atoms with Crippen LogP contribution < -0.4 is 5.32 Å². The Bertz CT molecular complexity index is 1020. The minimum absolute atomic E-state index is 0.354. The second-order valence-corrected chi connectivity index (χ2v) is 5.28. The molecule has 0 aliphatic heterocycles. The highest BCUT2D eigenvalue weighted by Crippen LogP contribution is 2.28. The van der Waals surface area contributed by atoms with Gasteiger partial charge in [0, 0.05) is 34.5 Å². The summed E-state index contributed by atoms with van der Waals surface area (Å²) in [5.41, 5.74) is 3.95. The van der Waals surface area contributed by atoms with Crippen LogP contribution in [0.5, 0.6) is 0 Å². The molecule has 0 unspecified atom stereocenters. The van der Waals surface area contributed by atoms with Gasteiger partial charge in [0.25, 0.3) is 0 Å². The molecule has 4 rings (SSSR count). The lowest BCUT2D eigenvalue weighted by Gasteiger charge is -2.06.